The van der Waals surface area contributed by atoms with E-state index in [0.717, 1.165) is 24.1 Å². The van der Waals surface area contributed by atoms with Crippen LogP contribution in [0.25, 0.3) is 0 Å². The molecule has 1 aromatic rings. The Bertz CT molecular complexity index is 458. The lowest BCUT2D eigenvalue weighted by Crippen LogP contribution is -2.15. The summed E-state index contributed by atoms with van der Waals surface area (Å²) >= 11 is 0. The molecule has 104 valence electrons. The predicted octanol–water partition coefficient (Wildman–Crippen LogP) is 3.05. The quantitative estimate of drug-likeness (QED) is 0.339. The summed E-state index contributed by atoms with van der Waals surface area (Å²) in [7, 11) is 0. The van der Waals surface area contributed by atoms with Crippen molar-refractivity contribution in [3.8, 4) is 5.75 Å². The Labute approximate surface area is 113 Å². The van der Waals surface area contributed by atoms with E-state index in [0.29, 0.717) is 18.9 Å². The molecule has 0 radical (unpaired) electrons. The second kappa shape index (κ2) is 7.53. The van der Waals surface area contributed by atoms with Gasteiger partial charge in [-0.15, -0.1) is 0 Å². The Kier molecular flexibility index (Phi) is 6.02. The molecule has 1 aromatic carbocycles. The third kappa shape index (κ3) is 5.09. The van der Waals surface area contributed by atoms with E-state index < -0.39 is 4.92 Å². The first-order valence-corrected chi connectivity index (χ1v) is 6.29. The van der Waals surface area contributed by atoms with Crippen LogP contribution < -0.4 is 10.1 Å². The van der Waals surface area contributed by atoms with Gasteiger partial charge in [-0.1, -0.05) is 13.5 Å². The summed E-state index contributed by atoms with van der Waals surface area (Å²) in [4.78, 5) is 10.4. The van der Waals surface area contributed by atoms with E-state index in [-0.39, 0.29) is 5.69 Å². The molecule has 1 N–H and O–H groups in total. The molecule has 1 rings (SSSR count). The van der Waals surface area contributed by atoms with Crippen LogP contribution in [0, 0.1) is 10.1 Å². The van der Waals surface area contributed by atoms with E-state index in [4.69, 9.17) is 4.74 Å². The zero-order chi connectivity index (χ0) is 14.3. The molecular weight excluding hydrogens is 244 g/mol. The van der Waals surface area contributed by atoms with Crippen LogP contribution in [0.4, 0.5) is 5.69 Å². The van der Waals surface area contributed by atoms with Crippen LogP contribution in [0.2, 0.25) is 0 Å². The maximum absolute atomic E-state index is 10.8. The minimum absolute atomic E-state index is 0.0796. The number of nitro groups is 1. The normalized spacial score (nSPS) is 10.2. The minimum Gasteiger partial charge on any atom is -0.489 e. The van der Waals surface area contributed by atoms with Gasteiger partial charge in [-0.05, 0) is 31.5 Å². The van der Waals surface area contributed by atoms with Gasteiger partial charge in [0.05, 0.1) is 4.92 Å². The highest BCUT2D eigenvalue weighted by Crippen LogP contribution is 2.24. The van der Waals surface area contributed by atoms with Crippen molar-refractivity contribution in [2.45, 2.75) is 26.8 Å². The number of benzene rings is 1. The molecule has 0 saturated heterocycles. The van der Waals surface area contributed by atoms with E-state index >= 15 is 0 Å². The van der Waals surface area contributed by atoms with Crippen LogP contribution in [0.15, 0.2) is 30.4 Å². The van der Waals surface area contributed by atoms with Crippen LogP contribution in [0.1, 0.15) is 25.8 Å². The average Bonchev–Trinajstić information content (AvgIpc) is 2.37. The third-order valence-corrected chi connectivity index (χ3v) is 2.47. The topological polar surface area (TPSA) is 64.4 Å². The highest BCUT2D eigenvalue weighted by atomic mass is 16.6. The van der Waals surface area contributed by atoms with Gasteiger partial charge in [0.1, 0.15) is 12.4 Å². The summed E-state index contributed by atoms with van der Waals surface area (Å²) in [6.45, 7) is 9.55. The second-order valence-electron chi connectivity index (χ2n) is 4.47. The Morgan fingerprint density at radius 3 is 2.84 bits per heavy atom. The Morgan fingerprint density at radius 1 is 1.53 bits per heavy atom. The monoisotopic (exact) mass is 264 g/mol. The van der Waals surface area contributed by atoms with Gasteiger partial charge in [0.2, 0.25) is 0 Å². The van der Waals surface area contributed by atoms with Crippen LogP contribution in [-0.2, 0) is 6.54 Å². The summed E-state index contributed by atoms with van der Waals surface area (Å²) in [6.07, 6.45) is 1.01. The van der Waals surface area contributed by atoms with E-state index in [9.17, 15) is 10.1 Å². The molecule has 0 aliphatic rings. The number of non-ortho nitro benzene ring substituents is 1. The summed E-state index contributed by atoms with van der Waals surface area (Å²) in [6, 6.07) is 4.65. The molecule has 0 heterocycles. The van der Waals surface area contributed by atoms with Crippen LogP contribution >= 0.6 is 0 Å². The van der Waals surface area contributed by atoms with Gasteiger partial charge in [0.15, 0.2) is 0 Å². The molecule has 0 spiro atoms. The highest BCUT2D eigenvalue weighted by Gasteiger charge is 2.11. The number of ether oxygens (including phenoxy) is 1. The summed E-state index contributed by atoms with van der Waals surface area (Å²) < 4.78 is 5.60. The molecule has 0 atom stereocenters. The highest BCUT2D eigenvalue weighted by molar-refractivity contribution is 5.44. The molecule has 0 unspecified atom stereocenters. The standard InChI is InChI=1S/C14H20N2O3/c1-4-7-15-9-12-8-13(16(17)18)5-6-14(12)19-10-11(2)3/h5-6,8,15H,2,4,7,9-10H2,1,3H3. The third-order valence-electron chi connectivity index (χ3n) is 2.47. The van der Waals surface area contributed by atoms with Crippen molar-refractivity contribution in [2.75, 3.05) is 13.2 Å². The molecule has 5 nitrogen and oxygen atoms in total. The van der Waals surface area contributed by atoms with Crippen molar-refractivity contribution in [1.82, 2.24) is 5.32 Å². The van der Waals surface area contributed by atoms with Gasteiger partial charge in [-0.2, -0.15) is 0 Å². The van der Waals surface area contributed by atoms with Crippen molar-refractivity contribution in [2.24, 2.45) is 0 Å². The zero-order valence-corrected chi connectivity index (χ0v) is 11.4. The number of rotatable bonds is 8. The number of nitrogens with one attached hydrogen (secondary N) is 1. The van der Waals surface area contributed by atoms with Crippen molar-refractivity contribution in [1.29, 1.82) is 0 Å². The zero-order valence-electron chi connectivity index (χ0n) is 11.4. The van der Waals surface area contributed by atoms with Crippen molar-refractivity contribution in [3.63, 3.8) is 0 Å². The van der Waals surface area contributed by atoms with Crippen molar-refractivity contribution >= 4 is 5.69 Å². The van der Waals surface area contributed by atoms with E-state index in [1.807, 2.05) is 6.92 Å². The number of nitrogens with zero attached hydrogens (tertiary/aromatic N) is 1. The predicted molar refractivity (Wildman–Crippen MR) is 75.4 cm³/mol. The first-order valence-electron chi connectivity index (χ1n) is 6.29. The Hall–Kier alpha value is -1.88. The summed E-state index contributed by atoms with van der Waals surface area (Å²) in [5.74, 6) is 0.664. The molecule has 0 saturated carbocycles. The molecule has 5 heteroatoms. The number of nitro benzene ring substituents is 1. The van der Waals surface area contributed by atoms with Crippen LogP contribution in [-0.4, -0.2) is 18.1 Å². The van der Waals surface area contributed by atoms with Gasteiger partial charge in [0, 0.05) is 24.2 Å². The molecule has 0 amide bonds. The van der Waals surface area contributed by atoms with Gasteiger partial charge in [-0.25, -0.2) is 0 Å². The van der Waals surface area contributed by atoms with Crippen molar-refractivity contribution < 1.29 is 9.66 Å². The first-order chi connectivity index (χ1) is 9.04. The fraction of sp³-hybridized carbons (Fsp3) is 0.429. The fourth-order valence-corrected chi connectivity index (χ4v) is 1.56. The van der Waals surface area contributed by atoms with Gasteiger partial charge in [-0.3, -0.25) is 10.1 Å². The number of hydrogen-bond donors (Lipinski definition) is 1. The van der Waals surface area contributed by atoms with Crippen molar-refractivity contribution in [3.05, 3.63) is 46.0 Å². The maximum Gasteiger partial charge on any atom is 0.270 e. The van der Waals surface area contributed by atoms with Gasteiger partial charge in [0.25, 0.3) is 5.69 Å². The molecule has 0 aliphatic carbocycles. The molecule has 0 bridgehead atoms. The largest absolute Gasteiger partial charge is 0.489 e. The van der Waals surface area contributed by atoms with E-state index in [1.165, 1.54) is 6.07 Å². The minimum atomic E-state index is -0.397. The molecule has 0 aromatic heterocycles. The van der Waals surface area contributed by atoms with E-state index in [2.05, 4.69) is 18.8 Å². The lowest BCUT2D eigenvalue weighted by Gasteiger charge is -2.12. The molecule has 0 aliphatic heterocycles. The van der Waals surface area contributed by atoms with Gasteiger partial charge >= 0.3 is 0 Å². The molecular formula is C14H20N2O3. The average molecular weight is 264 g/mol. The summed E-state index contributed by atoms with van der Waals surface area (Å²) in [5.41, 5.74) is 1.78. The Morgan fingerprint density at radius 2 is 2.26 bits per heavy atom. The Balaban J connectivity index is 2.86. The SMILES string of the molecule is C=C(C)COc1ccc([N+](=O)[O-])cc1CNCCC. The first kappa shape index (κ1) is 15.2. The van der Waals surface area contributed by atoms with Gasteiger partial charge < -0.3 is 10.1 Å². The lowest BCUT2D eigenvalue weighted by atomic mass is 10.1. The van der Waals surface area contributed by atoms with Crippen LogP contribution in [0.3, 0.4) is 0 Å². The molecule has 0 fully saturated rings. The lowest BCUT2D eigenvalue weighted by molar-refractivity contribution is -0.384. The van der Waals surface area contributed by atoms with E-state index in [1.54, 1.807) is 12.1 Å². The van der Waals surface area contributed by atoms with Crippen LogP contribution in [0.5, 0.6) is 5.75 Å². The fourth-order valence-electron chi connectivity index (χ4n) is 1.56. The maximum atomic E-state index is 10.8. The smallest absolute Gasteiger partial charge is 0.270 e. The number of hydrogen-bond acceptors (Lipinski definition) is 4. The molecule has 19 heavy (non-hydrogen) atoms. The second-order valence-corrected chi connectivity index (χ2v) is 4.47. The summed E-state index contributed by atoms with van der Waals surface area (Å²) in [5, 5.41) is 14.0.